The predicted molar refractivity (Wildman–Crippen MR) is 116 cm³/mol. The Bertz CT molecular complexity index is 912. The average molecular weight is 443 g/mol. The minimum Gasteiger partial charge on any atom is -0.493 e. The van der Waals surface area contributed by atoms with E-state index in [1.54, 1.807) is 26.4 Å². The monoisotopic (exact) mass is 441 g/mol. The van der Waals surface area contributed by atoms with Gasteiger partial charge in [0.1, 0.15) is 11.5 Å². The van der Waals surface area contributed by atoms with Gasteiger partial charge < -0.3 is 19.2 Å². The van der Waals surface area contributed by atoms with Gasteiger partial charge in [0.2, 0.25) is 0 Å². The van der Waals surface area contributed by atoms with E-state index in [2.05, 4.69) is 5.32 Å². The van der Waals surface area contributed by atoms with E-state index in [0.717, 1.165) is 41.5 Å². The Morgan fingerprint density at radius 2 is 1.71 bits per heavy atom. The largest absolute Gasteiger partial charge is 0.493 e. The SMILES string of the molecule is COc1ccc(CCNCc2ccc(-c3ccc(Cl)cc3Cl)o2)cc1OC.Cl. The van der Waals surface area contributed by atoms with Crippen LogP contribution >= 0.6 is 35.6 Å². The molecule has 0 unspecified atom stereocenters. The molecular formula is C21H22Cl3NO3. The van der Waals surface area contributed by atoms with Gasteiger partial charge in [0, 0.05) is 10.6 Å². The van der Waals surface area contributed by atoms with Gasteiger partial charge in [-0.25, -0.2) is 0 Å². The Kier molecular flexibility index (Phi) is 8.52. The van der Waals surface area contributed by atoms with E-state index < -0.39 is 0 Å². The first-order valence-electron chi connectivity index (χ1n) is 8.56. The van der Waals surface area contributed by atoms with Gasteiger partial charge in [-0.05, 0) is 61.0 Å². The molecule has 0 bridgehead atoms. The van der Waals surface area contributed by atoms with Crippen LogP contribution in [0.25, 0.3) is 11.3 Å². The Hall–Kier alpha value is -1.85. The maximum absolute atomic E-state index is 6.23. The van der Waals surface area contributed by atoms with E-state index in [0.29, 0.717) is 16.6 Å². The van der Waals surface area contributed by atoms with Gasteiger partial charge >= 0.3 is 0 Å². The van der Waals surface area contributed by atoms with Crippen LogP contribution in [0.15, 0.2) is 52.9 Å². The molecule has 4 nitrogen and oxygen atoms in total. The summed E-state index contributed by atoms with van der Waals surface area (Å²) in [5.74, 6) is 3.06. The number of benzene rings is 2. The molecule has 3 aromatic rings. The molecule has 0 atom stereocenters. The van der Waals surface area contributed by atoms with Crippen LogP contribution in [0.1, 0.15) is 11.3 Å². The predicted octanol–water partition coefficient (Wildman–Crippen LogP) is 6.02. The molecule has 2 aromatic carbocycles. The number of methoxy groups -OCH3 is 2. The highest BCUT2D eigenvalue weighted by atomic mass is 35.5. The zero-order valence-electron chi connectivity index (χ0n) is 15.6. The second-order valence-corrected chi connectivity index (χ2v) is 6.85. The van der Waals surface area contributed by atoms with Crippen molar-refractivity contribution in [2.45, 2.75) is 13.0 Å². The molecule has 1 N–H and O–H groups in total. The van der Waals surface area contributed by atoms with E-state index >= 15 is 0 Å². The third-order valence-electron chi connectivity index (χ3n) is 4.20. The lowest BCUT2D eigenvalue weighted by molar-refractivity contribution is 0.354. The highest BCUT2D eigenvalue weighted by Gasteiger charge is 2.09. The van der Waals surface area contributed by atoms with Crippen LogP contribution in [-0.4, -0.2) is 20.8 Å². The summed E-state index contributed by atoms with van der Waals surface area (Å²) >= 11 is 12.2. The lowest BCUT2D eigenvalue weighted by Gasteiger charge is -2.09. The molecule has 0 aliphatic carbocycles. The number of hydrogen-bond acceptors (Lipinski definition) is 4. The summed E-state index contributed by atoms with van der Waals surface area (Å²) in [5.41, 5.74) is 2.01. The number of furan rings is 1. The van der Waals surface area contributed by atoms with Crippen molar-refractivity contribution >= 4 is 35.6 Å². The summed E-state index contributed by atoms with van der Waals surface area (Å²) in [7, 11) is 3.27. The van der Waals surface area contributed by atoms with Crippen LogP contribution in [0.2, 0.25) is 10.0 Å². The summed E-state index contributed by atoms with van der Waals surface area (Å²) in [6, 6.07) is 15.2. The fraction of sp³-hybridized carbons (Fsp3) is 0.238. The fourth-order valence-corrected chi connectivity index (χ4v) is 3.29. The Balaban J connectivity index is 0.00000280. The molecule has 7 heteroatoms. The Labute approximate surface area is 181 Å². The van der Waals surface area contributed by atoms with Gasteiger partial charge in [-0.2, -0.15) is 0 Å². The molecule has 0 saturated carbocycles. The van der Waals surface area contributed by atoms with Crippen LogP contribution in [0, 0.1) is 0 Å². The van der Waals surface area contributed by atoms with Crippen LogP contribution in [0.3, 0.4) is 0 Å². The molecule has 1 aromatic heterocycles. The molecule has 0 radical (unpaired) electrons. The van der Waals surface area contributed by atoms with Crippen LogP contribution in [0.4, 0.5) is 0 Å². The van der Waals surface area contributed by atoms with Crippen LogP contribution in [0.5, 0.6) is 11.5 Å². The third kappa shape index (κ3) is 5.58. The fourth-order valence-electron chi connectivity index (χ4n) is 2.79. The van der Waals surface area contributed by atoms with Gasteiger partial charge in [0.05, 0.1) is 25.8 Å². The molecule has 0 saturated heterocycles. The molecule has 150 valence electrons. The lowest BCUT2D eigenvalue weighted by atomic mass is 10.1. The van der Waals surface area contributed by atoms with Gasteiger partial charge in [-0.15, -0.1) is 12.4 Å². The summed E-state index contributed by atoms with van der Waals surface area (Å²) in [5, 5.41) is 4.56. The smallest absolute Gasteiger partial charge is 0.160 e. The maximum Gasteiger partial charge on any atom is 0.160 e. The zero-order valence-corrected chi connectivity index (χ0v) is 18.0. The van der Waals surface area contributed by atoms with Gasteiger partial charge in [-0.1, -0.05) is 29.3 Å². The minimum absolute atomic E-state index is 0. The average Bonchev–Trinajstić information content (AvgIpc) is 3.13. The molecule has 0 aliphatic rings. The molecule has 0 fully saturated rings. The van der Waals surface area contributed by atoms with Crippen molar-refractivity contribution in [2.24, 2.45) is 0 Å². The van der Waals surface area contributed by atoms with E-state index in [1.807, 2.05) is 36.4 Å². The van der Waals surface area contributed by atoms with E-state index in [1.165, 1.54) is 5.56 Å². The first-order chi connectivity index (χ1) is 13.1. The number of nitrogens with one attached hydrogen (secondary N) is 1. The van der Waals surface area contributed by atoms with Crippen molar-refractivity contribution in [1.82, 2.24) is 5.32 Å². The minimum atomic E-state index is 0. The number of ether oxygens (including phenoxy) is 2. The number of rotatable bonds is 8. The maximum atomic E-state index is 6.23. The lowest BCUT2D eigenvalue weighted by Crippen LogP contribution is -2.16. The van der Waals surface area contributed by atoms with Crippen molar-refractivity contribution in [3.63, 3.8) is 0 Å². The molecule has 0 amide bonds. The Morgan fingerprint density at radius 3 is 2.43 bits per heavy atom. The standard InChI is InChI=1S/C21H21Cl2NO3.ClH/c1-25-20-7-3-14(11-21(20)26-2)9-10-24-13-16-5-8-19(27-16)17-6-4-15(22)12-18(17)23;/h3-8,11-12,24H,9-10,13H2,1-2H3;1H. The second-order valence-electron chi connectivity index (χ2n) is 6.01. The van der Waals surface area contributed by atoms with E-state index in [-0.39, 0.29) is 12.4 Å². The third-order valence-corrected chi connectivity index (χ3v) is 4.74. The van der Waals surface area contributed by atoms with E-state index in [4.69, 9.17) is 37.1 Å². The highest BCUT2D eigenvalue weighted by Crippen LogP contribution is 2.31. The summed E-state index contributed by atoms with van der Waals surface area (Å²) in [6.07, 6.45) is 0.872. The van der Waals surface area contributed by atoms with Gasteiger partial charge in [0.15, 0.2) is 11.5 Å². The van der Waals surface area contributed by atoms with Crippen molar-refractivity contribution < 1.29 is 13.9 Å². The van der Waals surface area contributed by atoms with E-state index in [9.17, 15) is 0 Å². The first kappa shape index (κ1) is 22.4. The van der Waals surface area contributed by atoms with Gasteiger partial charge in [0.25, 0.3) is 0 Å². The molecule has 3 rings (SSSR count). The summed E-state index contributed by atoms with van der Waals surface area (Å²) in [4.78, 5) is 0. The normalized spacial score (nSPS) is 10.4. The molecule has 1 heterocycles. The second kappa shape index (κ2) is 10.6. The number of hydrogen-bond donors (Lipinski definition) is 1. The summed E-state index contributed by atoms with van der Waals surface area (Å²) < 4.78 is 16.5. The van der Waals surface area contributed by atoms with Crippen molar-refractivity contribution in [3.05, 3.63) is 69.9 Å². The number of halogens is 3. The molecule has 0 aliphatic heterocycles. The quantitative estimate of drug-likeness (QED) is 0.433. The highest BCUT2D eigenvalue weighted by molar-refractivity contribution is 6.36. The topological polar surface area (TPSA) is 43.6 Å². The van der Waals surface area contributed by atoms with Crippen molar-refractivity contribution in [1.29, 1.82) is 0 Å². The zero-order chi connectivity index (χ0) is 19.2. The Morgan fingerprint density at radius 1 is 0.929 bits per heavy atom. The van der Waals surface area contributed by atoms with Crippen molar-refractivity contribution in [2.75, 3.05) is 20.8 Å². The van der Waals surface area contributed by atoms with Crippen LogP contribution < -0.4 is 14.8 Å². The summed E-state index contributed by atoms with van der Waals surface area (Å²) in [6.45, 7) is 1.45. The van der Waals surface area contributed by atoms with Crippen LogP contribution in [-0.2, 0) is 13.0 Å². The first-order valence-corrected chi connectivity index (χ1v) is 9.32. The van der Waals surface area contributed by atoms with Crippen molar-refractivity contribution in [3.8, 4) is 22.8 Å². The van der Waals surface area contributed by atoms with Gasteiger partial charge in [-0.3, -0.25) is 0 Å². The molecule has 0 spiro atoms. The molecule has 28 heavy (non-hydrogen) atoms. The molecular weight excluding hydrogens is 421 g/mol.